The number of halogens is 3. The second-order valence-electron chi connectivity index (χ2n) is 2.69. The molecular weight excluding hydrogens is 227 g/mol. The molecule has 0 aliphatic rings. The van der Waals surface area contributed by atoms with Crippen molar-refractivity contribution in [3.8, 4) is 0 Å². The van der Waals surface area contributed by atoms with E-state index in [1.54, 1.807) is 18.2 Å². The molecule has 0 atom stereocenters. The van der Waals surface area contributed by atoms with Crippen molar-refractivity contribution in [2.75, 3.05) is 0 Å². The molecule has 1 amide bonds. The Balaban J connectivity index is 2.82. The average molecular weight is 235 g/mol. The molecule has 0 aromatic heterocycles. The van der Waals surface area contributed by atoms with Crippen molar-refractivity contribution < 1.29 is 18.0 Å². The van der Waals surface area contributed by atoms with Crippen LogP contribution in [-0.2, 0) is 4.79 Å². The standard InChI is InChI=1S/C9H8F3NOS/c1-7(14)13(9(10,11)12)15-8-5-3-2-4-6-8/h2-6H,1H3. The van der Waals surface area contributed by atoms with Gasteiger partial charge in [0.2, 0.25) is 5.91 Å². The lowest BCUT2D eigenvalue weighted by Crippen LogP contribution is -2.35. The number of amides is 1. The van der Waals surface area contributed by atoms with Crippen LogP contribution in [0.1, 0.15) is 6.92 Å². The number of benzene rings is 1. The summed E-state index contributed by atoms with van der Waals surface area (Å²) in [6, 6.07) is 7.92. The minimum absolute atomic E-state index is 0.206. The van der Waals surface area contributed by atoms with Crippen molar-refractivity contribution in [3.63, 3.8) is 0 Å². The summed E-state index contributed by atoms with van der Waals surface area (Å²) in [6.45, 7) is 0.878. The van der Waals surface area contributed by atoms with Gasteiger partial charge in [0.15, 0.2) is 0 Å². The zero-order valence-electron chi connectivity index (χ0n) is 7.78. The Morgan fingerprint density at radius 1 is 1.27 bits per heavy atom. The molecule has 0 N–H and O–H groups in total. The monoisotopic (exact) mass is 235 g/mol. The first-order chi connectivity index (χ1) is 6.91. The van der Waals surface area contributed by atoms with E-state index in [2.05, 4.69) is 0 Å². The fourth-order valence-electron chi connectivity index (χ4n) is 0.881. The number of carbonyl (C=O) groups excluding carboxylic acids is 1. The summed E-state index contributed by atoms with van der Waals surface area (Å²) < 4.78 is 36.8. The number of hydrogen-bond donors (Lipinski definition) is 0. The molecule has 0 aliphatic carbocycles. The van der Waals surface area contributed by atoms with Gasteiger partial charge in [-0.05, 0) is 24.1 Å². The summed E-state index contributed by atoms with van der Waals surface area (Å²) in [5, 5.41) is 0. The molecule has 0 bridgehead atoms. The second kappa shape index (κ2) is 4.57. The minimum Gasteiger partial charge on any atom is -0.274 e. The molecule has 15 heavy (non-hydrogen) atoms. The molecule has 0 spiro atoms. The van der Waals surface area contributed by atoms with E-state index < -0.39 is 12.2 Å². The number of rotatable bonds is 2. The minimum atomic E-state index is -4.66. The van der Waals surface area contributed by atoms with Gasteiger partial charge in [0, 0.05) is 11.8 Å². The number of alkyl halides is 3. The highest BCUT2D eigenvalue weighted by molar-refractivity contribution is 7.97. The van der Waals surface area contributed by atoms with Crippen LogP contribution in [0.25, 0.3) is 0 Å². The van der Waals surface area contributed by atoms with E-state index in [0.717, 1.165) is 6.92 Å². The summed E-state index contributed by atoms with van der Waals surface area (Å²) in [6.07, 6.45) is -4.66. The maximum absolute atomic E-state index is 12.3. The van der Waals surface area contributed by atoms with Crippen molar-refractivity contribution in [1.82, 2.24) is 4.31 Å². The zero-order valence-corrected chi connectivity index (χ0v) is 8.60. The van der Waals surface area contributed by atoms with Crippen molar-refractivity contribution in [1.29, 1.82) is 0 Å². The lowest BCUT2D eigenvalue weighted by atomic mass is 10.4. The van der Waals surface area contributed by atoms with Gasteiger partial charge in [-0.15, -0.1) is 13.2 Å². The molecule has 1 aromatic rings. The third-order valence-electron chi connectivity index (χ3n) is 1.46. The van der Waals surface area contributed by atoms with Gasteiger partial charge in [-0.1, -0.05) is 18.2 Å². The number of nitrogens with zero attached hydrogens (tertiary/aromatic N) is 1. The highest BCUT2D eigenvalue weighted by Crippen LogP contribution is 2.33. The molecule has 82 valence electrons. The topological polar surface area (TPSA) is 20.3 Å². The van der Waals surface area contributed by atoms with Crippen LogP contribution < -0.4 is 0 Å². The van der Waals surface area contributed by atoms with Gasteiger partial charge in [-0.3, -0.25) is 4.79 Å². The predicted octanol–water partition coefficient (Wildman–Crippen LogP) is 3.06. The van der Waals surface area contributed by atoms with E-state index >= 15 is 0 Å². The van der Waals surface area contributed by atoms with Crippen LogP contribution in [0.5, 0.6) is 0 Å². The molecule has 1 aromatic carbocycles. The van der Waals surface area contributed by atoms with E-state index in [9.17, 15) is 18.0 Å². The van der Waals surface area contributed by atoms with Crippen LogP contribution in [0.2, 0.25) is 0 Å². The molecule has 0 saturated carbocycles. The predicted molar refractivity (Wildman–Crippen MR) is 50.9 cm³/mol. The lowest BCUT2D eigenvalue weighted by Gasteiger charge is -2.21. The molecule has 0 saturated heterocycles. The van der Waals surface area contributed by atoms with E-state index in [-0.39, 0.29) is 4.31 Å². The average Bonchev–Trinajstić information content (AvgIpc) is 2.13. The largest absolute Gasteiger partial charge is 0.497 e. The highest BCUT2D eigenvalue weighted by Gasteiger charge is 2.40. The molecule has 0 radical (unpaired) electrons. The summed E-state index contributed by atoms with van der Waals surface area (Å²) in [5.41, 5.74) is 0. The van der Waals surface area contributed by atoms with Crippen LogP contribution in [-0.4, -0.2) is 16.5 Å². The van der Waals surface area contributed by atoms with Gasteiger partial charge in [-0.25, -0.2) is 0 Å². The summed E-state index contributed by atoms with van der Waals surface area (Å²) >= 11 is 0.363. The molecule has 1 rings (SSSR count). The maximum atomic E-state index is 12.3. The van der Waals surface area contributed by atoms with Gasteiger partial charge >= 0.3 is 6.30 Å². The Morgan fingerprint density at radius 3 is 2.20 bits per heavy atom. The molecule has 6 heteroatoms. The van der Waals surface area contributed by atoms with E-state index in [0.29, 0.717) is 16.8 Å². The fourth-order valence-corrected chi connectivity index (χ4v) is 1.60. The van der Waals surface area contributed by atoms with E-state index in [1.165, 1.54) is 12.1 Å². The lowest BCUT2D eigenvalue weighted by molar-refractivity contribution is -0.207. The second-order valence-corrected chi connectivity index (χ2v) is 3.70. The van der Waals surface area contributed by atoms with Gasteiger partial charge < -0.3 is 0 Å². The summed E-state index contributed by atoms with van der Waals surface area (Å²) in [4.78, 5) is 11.1. The molecule has 0 heterocycles. The normalized spacial score (nSPS) is 11.2. The van der Waals surface area contributed by atoms with Crippen molar-refractivity contribution in [3.05, 3.63) is 30.3 Å². The summed E-state index contributed by atoms with van der Waals surface area (Å²) in [5.74, 6) is -1.05. The van der Waals surface area contributed by atoms with Crippen LogP contribution in [0.3, 0.4) is 0 Å². The highest BCUT2D eigenvalue weighted by atomic mass is 32.2. The molecule has 0 fully saturated rings. The van der Waals surface area contributed by atoms with Crippen molar-refractivity contribution >= 4 is 17.9 Å². The van der Waals surface area contributed by atoms with Gasteiger partial charge in [0.05, 0.1) is 0 Å². The first kappa shape index (κ1) is 11.9. The van der Waals surface area contributed by atoms with Crippen LogP contribution >= 0.6 is 11.9 Å². The molecular formula is C9H8F3NOS. The Kier molecular flexibility index (Phi) is 3.62. The van der Waals surface area contributed by atoms with Crippen LogP contribution in [0.4, 0.5) is 13.2 Å². The summed E-state index contributed by atoms with van der Waals surface area (Å²) in [7, 11) is 0. The molecule has 0 unspecified atom stereocenters. The maximum Gasteiger partial charge on any atom is 0.497 e. The zero-order chi connectivity index (χ0) is 11.5. The Labute approximate surface area is 89.2 Å². The first-order valence-electron chi connectivity index (χ1n) is 4.02. The Morgan fingerprint density at radius 2 is 1.80 bits per heavy atom. The first-order valence-corrected chi connectivity index (χ1v) is 4.79. The van der Waals surface area contributed by atoms with Gasteiger partial charge in [0.1, 0.15) is 0 Å². The Hall–Kier alpha value is -1.17. The molecule has 0 aliphatic heterocycles. The third kappa shape index (κ3) is 3.47. The fraction of sp³-hybridized carbons (Fsp3) is 0.222. The smallest absolute Gasteiger partial charge is 0.274 e. The number of carbonyl (C=O) groups is 1. The van der Waals surface area contributed by atoms with Gasteiger partial charge in [-0.2, -0.15) is 4.31 Å². The Bertz CT molecular complexity index is 339. The van der Waals surface area contributed by atoms with Gasteiger partial charge in [0.25, 0.3) is 0 Å². The van der Waals surface area contributed by atoms with E-state index in [4.69, 9.17) is 0 Å². The SMILES string of the molecule is CC(=O)N(Sc1ccccc1)C(F)(F)F. The van der Waals surface area contributed by atoms with Crippen LogP contribution in [0, 0.1) is 0 Å². The van der Waals surface area contributed by atoms with Crippen molar-refractivity contribution in [2.45, 2.75) is 18.1 Å². The van der Waals surface area contributed by atoms with E-state index in [1.807, 2.05) is 0 Å². The van der Waals surface area contributed by atoms with Crippen LogP contribution in [0.15, 0.2) is 35.2 Å². The quantitative estimate of drug-likeness (QED) is 0.580. The molecule has 2 nitrogen and oxygen atoms in total. The number of hydrogen-bond acceptors (Lipinski definition) is 2. The van der Waals surface area contributed by atoms with Crippen molar-refractivity contribution in [2.24, 2.45) is 0 Å². The third-order valence-corrected chi connectivity index (χ3v) is 2.59.